The average Bonchev–Trinajstić information content (AvgIpc) is 3.02. The normalized spacial score (nSPS) is 12.9. The van der Waals surface area contributed by atoms with Gasteiger partial charge in [0.2, 0.25) is 0 Å². The topological polar surface area (TPSA) is 58.6 Å². The summed E-state index contributed by atoms with van der Waals surface area (Å²) in [6.07, 6.45) is 0.367. The molecule has 0 saturated heterocycles. The minimum atomic E-state index is -0.482. The summed E-state index contributed by atoms with van der Waals surface area (Å²) in [6.45, 7) is 0.867. The summed E-state index contributed by atoms with van der Waals surface area (Å²) >= 11 is 9.34. The highest BCUT2D eigenvalue weighted by Gasteiger charge is 2.31. The van der Waals surface area contributed by atoms with Crippen molar-refractivity contribution in [1.29, 1.82) is 0 Å². The van der Waals surface area contributed by atoms with Crippen molar-refractivity contribution in [2.24, 2.45) is 0 Å². The Labute approximate surface area is 177 Å². The molecule has 2 aromatic rings. The lowest BCUT2D eigenvalue weighted by Crippen LogP contribution is -2.22. The van der Waals surface area contributed by atoms with Gasteiger partial charge in [-0.25, -0.2) is 4.79 Å². The highest BCUT2D eigenvalue weighted by molar-refractivity contribution is 9.10. The van der Waals surface area contributed by atoms with E-state index >= 15 is 0 Å². The second-order valence-corrected chi connectivity index (χ2v) is 8.08. The van der Waals surface area contributed by atoms with Gasteiger partial charge < -0.3 is 15.0 Å². The number of likely N-dealkylation sites (N-methyl/N-ethyl adjacent to an activating group) is 1. The minimum absolute atomic E-state index is 0.257. The molecule has 0 unspecified atom stereocenters. The van der Waals surface area contributed by atoms with Crippen LogP contribution < -0.4 is 5.32 Å². The highest BCUT2D eigenvalue weighted by Crippen LogP contribution is 2.36. The molecule has 5 nitrogen and oxygen atoms in total. The van der Waals surface area contributed by atoms with Crippen LogP contribution >= 0.6 is 27.5 Å². The van der Waals surface area contributed by atoms with Crippen molar-refractivity contribution < 1.29 is 14.3 Å². The molecule has 1 amide bonds. The Bertz CT molecular complexity index is 939. The predicted molar refractivity (Wildman–Crippen MR) is 114 cm³/mol. The van der Waals surface area contributed by atoms with Crippen molar-refractivity contribution in [1.82, 2.24) is 4.90 Å². The molecular weight excluding hydrogens is 444 g/mol. The summed E-state index contributed by atoms with van der Waals surface area (Å²) in [6, 6.07) is 12.4. The van der Waals surface area contributed by atoms with E-state index in [0.29, 0.717) is 34.8 Å². The lowest BCUT2D eigenvalue weighted by Gasteiger charge is -2.12. The van der Waals surface area contributed by atoms with E-state index in [1.807, 2.05) is 37.2 Å². The molecule has 0 heterocycles. The smallest absolute Gasteiger partial charge is 0.339 e. The van der Waals surface area contributed by atoms with E-state index < -0.39 is 5.97 Å². The fourth-order valence-electron chi connectivity index (χ4n) is 2.95. The van der Waals surface area contributed by atoms with Gasteiger partial charge in [-0.2, -0.15) is 0 Å². The third kappa shape index (κ3) is 4.82. The molecule has 1 aliphatic carbocycles. The number of esters is 1. The van der Waals surface area contributed by atoms with Crippen LogP contribution in [0.25, 0.3) is 5.57 Å². The van der Waals surface area contributed by atoms with Crippen LogP contribution in [-0.2, 0) is 20.7 Å². The van der Waals surface area contributed by atoms with E-state index in [2.05, 4.69) is 21.2 Å². The fourth-order valence-corrected chi connectivity index (χ4v) is 3.49. The Balaban J connectivity index is 1.88. The fraction of sp³-hybridized carbons (Fsp3) is 0.238. The highest BCUT2D eigenvalue weighted by atomic mass is 79.9. The van der Waals surface area contributed by atoms with E-state index in [-0.39, 0.29) is 12.5 Å². The number of halogens is 2. The molecule has 0 radical (unpaired) electrons. The van der Waals surface area contributed by atoms with E-state index in [4.69, 9.17) is 16.3 Å². The predicted octanol–water partition coefficient (Wildman–Crippen LogP) is 4.16. The van der Waals surface area contributed by atoms with Gasteiger partial charge in [-0.3, -0.25) is 4.79 Å². The Kier molecular flexibility index (Phi) is 6.54. The zero-order chi connectivity index (χ0) is 20.3. The summed E-state index contributed by atoms with van der Waals surface area (Å²) in [5, 5.41) is 3.42. The van der Waals surface area contributed by atoms with E-state index in [9.17, 15) is 9.59 Å². The van der Waals surface area contributed by atoms with E-state index in [1.165, 1.54) is 0 Å². The molecule has 1 N–H and O–H groups in total. The molecule has 0 spiro atoms. The molecule has 7 heteroatoms. The number of rotatable bonds is 6. The van der Waals surface area contributed by atoms with E-state index in [0.717, 1.165) is 15.6 Å². The number of hydrogen-bond donors (Lipinski definition) is 1. The summed E-state index contributed by atoms with van der Waals surface area (Å²) in [5.41, 5.74) is 2.99. The summed E-state index contributed by atoms with van der Waals surface area (Å²) in [4.78, 5) is 27.6. The number of carbonyl (C=O) groups is 2. The molecule has 0 fully saturated rings. The number of fused-ring (bicyclic) bond motifs is 1. The van der Waals surface area contributed by atoms with Crippen molar-refractivity contribution in [3.8, 4) is 0 Å². The zero-order valence-corrected chi connectivity index (χ0v) is 17.9. The second-order valence-electron chi connectivity index (χ2n) is 6.73. The maximum atomic E-state index is 12.9. The Hall–Kier alpha value is -2.15. The van der Waals surface area contributed by atoms with Gasteiger partial charge >= 0.3 is 5.97 Å². The number of amides is 1. The first kappa shape index (κ1) is 20.6. The van der Waals surface area contributed by atoms with Crippen LogP contribution in [0.5, 0.6) is 0 Å². The summed E-state index contributed by atoms with van der Waals surface area (Å²) in [7, 11) is 3.81. The third-order valence-corrected chi connectivity index (χ3v) is 5.10. The standard InChI is InChI=1S/C21H20BrClN2O3/c1-25(2)9-10-28-21(27)19-17-8-3-14(22)11-13(17)12-18(19)20(26)24-16-6-4-15(23)5-7-16/h3-8,11H,9-10,12H2,1-2H3,(H,24,26). The van der Waals surface area contributed by atoms with Crippen LogP contribution in [0.4, 0.5) is 5.69 Å². The van der Waals surface area contributed by atoms with Crippen molar-refractivity contribution in [2.45, 2.75) is 6.42 Å². The quantitative estimate of drug-likeness (QED) is 0.654. The Morgan fingerprint density at radius 1 is 1.18 bits per heavy atom. The number of nitrogens with zero attached hydrogens (tertiary/aromatic N) is 1. The van der Waals surface area contributed by atoms with Crippen LogP contribution in [0, 0.1) is 0 Å². The van der Waals surface area contributed by atoms with Gasteiger partial charge in [0, 0.05) is 33.7 Å². The van der Waals surface area contributed by atoms with Gasteiger partial charge in [-0.05, 0) is 61.6 Å². The Morgan fingerprint density at radius 2 is 1.89 bits per heavy atom. The Morgan fingerprint density at radius 3 is 2.57 bits per heavy atom. The number of hydrogen-bond acceptors (Lipinski definition) is 4. The molecule has 2 aromatic carbocycles. The van der Waals surface area contributed by atoms with Gasteiger partial charge in [0.25, 0.3) is 5.91 Å². The minimum Gasteiger partial charge on any atom is -0.461 e. The zero-order valence-electron chi connectivity index (χ0n) is 15.6. The molecule has 1 aliphatic rings. The van der Waals surface area contributed by atoms with Crippen LogP contribution in [0.15, 0.2) is 52.5 Å². The van der Waals surface area contributed by atoms with Crippen LogP contribution in [0.2, 0.25) is 5.02 Å². The first-order valence-corrected chi connectivity index (χ1v) is 9.93. The van der Waals surface area contributed by atoms with Crippen molar-refractivity contribution >= 4 is 50.7 Å². The average molecular weight is 464 g/mol. The molecule has 28 heavy (non-hydrogen) atoms. The van der Waals surface area contributed by atoms with Gasteiger partial charge in [0.15, 0.2) is 0 Å². The SMILES string of the molecule is CN(C)CCOC(=O)C1=C(C(=O)Nc2ccc(Cl)cc2)Cc2cc(Br)ccc21. The number of benzene rings is 2. The van der Waals surface area contributed by atoms with Crippen LogP contribution in [-0.4, -0.2) is 44.0 Å². The van der Waals surface area contributed by atoms with Gasteiger partial charge in [-0.15, -0.1) is 0 Å². The molecule has 0 saturated carbocycles. The molecule has 0 aliphatic heterocycles. The first-order chi connectivity index (χ1) is 13.3. The second kappa shape index (κ2) is 8.90. The monoisotopic (exact) mass is 462 g/mol. The van der Waals surface area contributed by atoms with Crippen LogP contribution in [0.3, 0.4) is 0 Å². The molecule has 0 bridgehead atoms. The van der Waals surface area contributed by atoms with Crippen molar-refractivity contribution in [3.63, 3.8) is 0 Å². The van der Waals surface area contributed by atoms with Gasteiger partial charge in [0.05, 0.1) is 5.57 Å². The van der Waals surface area contributed by atoms with Crippen LogP contribution in [0.1, 0.15) is 11.1 Å². The molecule has 3 rings (SSSR count). The van der Waals surface area contributed by atoms with Crippen molar-refractivity contribution in [3.05, 3.63) is 68.7 Å². The lowest BCUT2D eigenvalue weighted by atomic mass is 10.1. The van der Waals surface area contributed by atoms with Gasteiger partial charge in [-0.1, -0.05) is 33.6 Å². The number of anilines is 1. The summed E-state index contributed by atoms with van der Waals surface area (Å²) in [5.74, 6) is -0.807. The van der Waals surface area contributed by atoms with Gasteiger partial charge in [0.1, 0.15) is 6.61 Å². The lowest BCUT2D eigenvalue weighted by molar-refractivity contribution is -0.137. The molecular formula is C21H20BrClN2O3. The third-order valence-electron chi connectivity index (χ3n) is 4.36. The molecule has 0 atom stereocenters. The number of ether oxygens (including phenoxy) is 1. The van der Waals surface area contributed by atoms with Crippen molar-refractivity contribution in [2.75, 3.05) is 32.6 Å². The summed E-state index contributed by atoms with van der Waals surface area (Å²) < 4.78 is 6.32. The molecule has 146 valence electrons. The number of nitrogens with one attached hydrogen (secondary N) is 1. The maximum absolute atomic E-state index is 12.9. The van der Waals surface area contributed by atoms with E-state index in [1.54, 1.807) is 24.3 Å². The largest absolute Gasteiger partial charge is 0.461 e. The maximum Gasteiger partial charge on any atom is 0.339 e. The first-order valence-electron chi connectivity index (χ1n) is 8.76. The molecule has 0 aromatic heterocycles. The number of carbonyl (C=O) groups excluding carboxylic acids is 2.